The number of amides is 1. The topological polar surface area (TPSA) is 98.5 Å². The number of nitro benzene ring substituents is 1. The number of aryl methyl sites for hydroxylation is 2. The van der Waals surface area contributed by atoms with Crippen molar-refractivity contribution in [2.45, 2.75) is 20.0 Å². The number of hydrogen-bond acceptors (Lipinski definition) is 5. The van der Waals surface area contributed by atoms with E-state index in [1.807, 2.05) is 26.0 Å². The van der Waals surface area contributed by atoms with Crippen LogP contribution in [0.5, 0.6) is 0 Å². The van der Waals surface area contributed by atoms with Crippen LogP contribution in [0.1, 0.15) is 33.2 Å². The molecule has 0 radical (unpaired) electrons. The highest BCUT2D eigenvalue weighted by Crippen LogP contribution is 2.28. The summed E-state index contributed by atoms with van der Waals surface area (Å²) in [5, 5.41) is 14.2. The molecule has 3 aromatic rings. The molecule has 31 heavy (non-hydrogen) atoms. The van der Waals surface area contributed by atoms with Crippen molar-refractivity contribution in [1.82, 2.24) is 0 Å². The predicted molar refractivity (Wildman–Crippen MR) is 117 cm³/mol. The quantitative estimate of drug-likeness (QED) is 0.315. The smallest absolute Gasteiger partial charge is 0.346 e. The third kappa shape index (κ3) is 5.26. The third-order valence-corrected chi connectivity index (χ3v) is 4.83. The predicted octanol–water partition coefficient (Wildman–Crippen LogP) is 5.40. The first-order valence-corrected chi connectivity index (χ1v) is 9.72. The zero-order valence-electron chi connectivity index (χ0n) is 16.8. The second-order valence-electron chi connectivity index (χ2n) is 6.92. The fraction of sp³-hybridized carbons (Fsp3) is 0.130. The Morgan fingerprint density at radius 1 is 1.03 bits per heavy atom. The van der Waals surface area contributed by atoms with Gasteiger partial charge >= 0.3 is 5.97 Å². The van der Waals surface area contributed by atoms with Crippen LogP contribution in [0.25, 0.3) is 0 Å². The molecule has 0 fully saturated rings. The zero-order chi connectivity index (χ0) is 22.5. The lowest BCUT2D eigenvalue weighted by atomic mass is 10.1. The number of carbonyl (C=O) groups excluding carboxylic acids is 2. The molecule has 0 heterocycles. The average molecular weight is 439 g/mol. The summed E-state index contributed by atoms with van der Waals surface area (Å²) >= 11 is 5.81. The maximum absolute atomic E-state index is 13.1. The summed E-state index contributed by atoms with van der Waals surface area (Å²) in [6.45, 7) is 3.74. The van der Waals surface area contributed by atoms with Crippen molar-refractivity contribution in [3.63, 3.8) is 0 Å². The Kier molecular flexibility index (Phi) is 6.67. The van der Waals surface area contributed by atoms with Gasteiger partial charge in [-0.1, -0.05) is 54.1 Å². The maximum atomic E-state index is 13.1. The van der Waals surface area contributed by atoms with Crippen molar-refractivity contribution in [1.29, 1.82) is 0 Å². The standard InChI is InChI=1S/C23H19ClN2O5/c1-14-8-9-15(2)19(12-14)25-22(27)21(16-6-4-3-5-7-16)31-23(28)18-11-10-17(24)13-20(18)26(29)30/h3-13,21H,1-2H3,(H,25,27). The lowest BCUT2D eigenvalue weighted by molar-refractivity contribution is -0.385. The summed E-state index contributed by atoms with van der Waals surface area (Å²) in [5.41, 5.74) is 2.00. The summed E-state index contributed by atoms with van der Waals surface area (Å²) in [6.07, 6.45) is -1.32. The van der Waals surface area contributed by atoms with Crippen LogP contribution in [-0.2, 0) is 9.53 Å². The molecule has 1 atom stereocenters. The zero-order valence-corrected chi connectivity index (χ0v) is 17.6. The Morgan fingerprint density at radius 3 is 2.42 bits per heavy atom. The van der Waals surface area contributed by atoms with Gasteiger partial charge in [0.05, 0.1) is 4.92 Å². The number of nitrogens with one attached hydrogen (secondary N) is 1. The van der Waals surface area contributed by atoms with Crippen molar-refractivity contribution >= 4 is 34.9 Å². The van der Waals surface area contributed by atoms with Crippen LogP contribution in [0.15, 0.2) is 66.7 Å². The van der Waals surface area contributed by atoms with Crippen LogP contribution in [0.2, 0.25) is 5.02 Å². The molecule has 0 bridgehead atoms. The van der Waals surface area contributed by atoms with Gasteiger partial charge < -0.3 is 10.1 Å². The molecule has 7 nitrogen and oxygen atoms in total. The van der Waals surface area contributed by atoms with Gasteiger partial charge in [-0.3, -0.25) is 14.9 Å². The number of anilines is 1. The molecule has 3 rings (SSSR count). The lowest BCUT2D eigenvalue weighted by Gasteiger charge is -2.19. The Bertz CT molecular complexity index is 1150. The first kappa shape index (κ1) is 22.0. The average Bonchev–Trinajstić information content (AvgIpc) is 2.74. The molecule has 0 aliphatic rings. The second kappa shape index (κ2) is 9.40. The lowest BCUT2D eigenvalue weighted by Crippen LogP contribution is -2.26. The minimum Gasteiger partial charge on any atom is -0.443 e. The molecule has 0 saturated carbocycles. The number of halogens is 1. The van der Waals surface area contributed by atoms with Gasteiger partial charge in [0, 0.05) is 22.3 Å². The normalized spacial score (nSPS) is 11.5. The van der Waals surface area contributed by atoms with E-state index in [-0.39, 0.29) is 10.6 Å². The van der Waals surface area contributed by atoms with Crippen molar-refractivity contribution in [3.05, 3.63) is 104 Å². The monoisotopic (exact) mass is 438 g/mol. The number of esters is 1. The molecule has 1 unspecified atom stereocenters. The Balaban J connectivity index is 1.94. The van der Waals surface area contributed by atoms with E-state index >= 15 is 0 Å². The van der Waals surface area contributed by atoms with Gasteiger partial charge in [0.15, 0.2) is 0 Å². The Hall–Kier alpha value is -3.71. The number of ether oxygens (including phenoxy) is 1. The first-order valence-electron chi connectivity index (χ1n) is 9.34. The summed E-state index contributed by atoms with van der Waals surface area (Å²) in [5.74, 6) is -1.58. The van der Waals surface area contributed by atoms with Crippen LogP contribution in [0, 0.1) is 24.0 Å². The van der Waals surface area contributed by atoms with Gasteiger partial charge in [0.25, 0.3) is 11.6 Å². The highest BCUT2D eigenvalue weighted by molar-refractivity contribution is 6.31. The third-order valence-electron chi connectivity index (χ3n) is 4.59. The molecule has 0 aliphatic carbocycles. The van der Waals surface area contributed by atoms with Gasteiger partial charge in [0.2, 0.25) is 6.10 Å². The number of nitro groups is 1. The first-order chi connectivity index (χ1) is 14.8. The van der Waals surface area contributed by atoms with E-state index in [1.165, 1.54) is 12.1 Å². The molecule has 0 saturated heterocycles. The number of carbonyl (C=O) groups is 2. The SMILES string of the molecule is Cc1ccc(C)c(NC(=O)C(OC(=O)c2ccc(Cl)cc2[N+](=O)[O-])c2ccccc2)c1. The summed E-state index contributed by atoms with van der Waals surface area (Å²) in [4.78, 5) is 36.5. The minimum absolute atomic E-state index is 0.107. The fourth-order valence-electron chi connectivity index (χ4n) is 2.97. The molecule has 158 valence electrons. The summed E-state index contributed by atoms with van der Waals surface area (Å²) < 4.78 is 5.46. The molecule has 1 amide bonds. The van der Waals surface area contributed by atoms with Crippen LogP contribution < -0.4 is 5.32 Å². The number of rotatable bonds is 6. The number of benzene rings is 3. The second-order valence-corrected chi connectivity index (χ2v) is 7.36. The number of nitrogens with zero attached hydrogens (tertiary/aromatic N) is 1. The van der Waals surface area contributed by atoms with Gasteiger partial charge in [-0.05, 0) is 43.2 Å². The van der Waals surface area contributed by atoms with Crippen LogP contribution in [0.3, 0.4) is 0 Å². The highest BCUT2D eigenvalue weighted by Gasteiger charge is 2.29. The van der Waals surface area contributed by atoms with E-state index in [9.17, 15) is 19.7 Å². The molecule has 0 aromatic heterocycles. The number of hydrogen-bond donors (Lipinski definition) is 1. The van der Waals surface area contributed by atoms with Crippen LogP contribution in [-0.4, -0.2) is 16.8 Å². The molecular formula is C23H19ClN2O5. The summed E-state index contributed by atoms with van der Waals surface area (Å²) in [7, 11) is 0. The Morgan fingerprint density at radius 2 is 1.74 bits per heavy atom. The molecule has 1 N–H and O–H groups in total. The van der Waals surface area contributed by atoms with Gasteiger partial charge in [-0.25, -0.2) is 4.79 Å². The van der Waals surface area contributed by atoms with Gasteiger partial charge in [-0.15, -0.1) is 0 Å². The van der Waals surface area contributed by atoms with Crippen molar-refractivity contribution in [2.24, 2.45) is 0 Å². The van der Waals surface area contributed by atoms with Crippen molar-refractivity contribution in [3.8, 4) is 0 Å². The largest absolute Gasteiger partial charge is 0.443 e. The maximum Gasteiger partial charge on any atom is 0.346 e. The highest BCUT2D eigenvalue weighted by atomic mass is 35.5. The molecular weight excluding hydrogens is 420 g/mol. The van der Waals surface area contributed by atoms with E-state index in [0.717, 1.165) is 17.2 Å². The van der Waals surface area contributed by atoms with E-state index in [1.54, 1.807) is 36.4 Å². The molecule has 0 aliphatic heterocycles. The van der Waals surface area contributed by atoms with E-state index in [0.29, 0.717) is 11.3 Å². The summed E-state index contributed by atoms with van der Waals surface area (Å²) in [6, 6.07) is 17.6. The molecule has 3 aromatic carbocycles. The molecule has 8 heteroatoms. The van der Waals surface area contributed by atoms with Crippen LogP contribution in [0.4, 0.5) is 11.4 Å². The fourth-order valence-corrected chi connectivity index (χ4v) is 3.13. The van der Waals surface area contributed by atoms with Crippen molar-refractivity contribution in [2.75, 3.05) is 5.32 Å². The van der Waals surface area contributed by atoms with E-state index in [4.69, 9.17) is 16.3 Å². The van der Waals surface area contributed by atoms with E-state index < -0.39 is 28.6 Å². The van der Waals surface area contributed by atoms with Crippen LogP contribution >= 0.6 is 11.6 Å². The minimum atomic E-state index is -1.32. The van der Waals surface area contributed by atoms with Gasteiger partial charge in [0.1, 0.15) is 5.56 Å². The van der Waals surface area contributed by atoms with Crippen molar-refractivity contribution < 1.29 is 19.2 Å². The van der Waals surface area contributed by atoms with E-state index in [2.05, 4.69) is 5.32 Å². The van der Waals surface area contributed by atoms with Gasteiger partial charge in [-0.2, -0.15) is 0 Å². The molecule has 0 spiro atoms. The Labute approximate surface area is 183 Å².